The summed E-state index contributed by atoms with van der Waals surface area (Å²) < 4.78 is 11.7. The summed E-state index contributed by atoms with van der Waals surface area (Å²) in [5.41, 5.74) is 4.06. The van der Waals surface area contributed by atoms with Crippen LogP contribution in [0.5, 0.6) is 0 Å². The van der Waals surface area contributed by atoms with E-state index in [1.165, 1.54) is 0 Å². The molecule has 0 saturated carbocycles. The van der Waals surface area contributed by atoms with Crippen molar-refractivity contribution >= 4 is 18.0 Å². The number of nitrogens with one attached hydrogen (secondary N) is 2. The number of carboxylic acid groups (broad SMARTS) is 1. The predicted molar refractivity (Wildman–Crippen MR) is 161 cm³/mol. The van der Waals surface area contributed by atoms with Gasteiger partial charge in [0.1, 0.15) is 12.6 Å². The molecule has 8 nitrogen and oxygen atoms in total. The van der Waals surface area contributed by atoms with Crippen LogP contribution in [0.15, 0.2) is 78.9 Å². The van der Waals surface area contributed by atoms with Gasteiger partial charge in [0.2, 0.25) is 5.91 Å². The summed E-state index contributed by atoms with van der Waals surface area (Å²) >= 11 is 0. The number of ether oxygens (including phenoxy) is 2. The number of rotatable bonds is 12. The van der Waals surface area contributed by atoms with E-state index < -0.39 is 41.6 Å². The lowest BCUT2D eigenvalue weighted by molar-refractivity contribution is -0.150. The zero-order valence-corrected chi connectivity index (χ0v) is 24.8. The quantitative estimate of drug-likeness (QED) is 0.255. The summed E-state index contributed by atoms with van der Waals surface area (Å²) in [6, 6.07) is 23.8. The van der Waals surface area contributed by atoms with Crippen LogP contribution in [0.4, 0.5) is 4.79 Å². The van der Waals surface area contributed by atoms with Crippen LogP contribution in [0.2, 0.25) is 0 Å². The molecule has 0 heterocycles. The maximum Gasteiger partial charge on any atom is 0.407 e. The minimum atomic E-state index is -1.24. The topological polar surface area (TPSA) is 114 Å². The van der Waals surface area contributed by atoms with E-state index in [0.717, 1.165) is 27.8 Å². The number of fused-ring (bicyclic) bond motifs is 3. The molecule has 3 aromatic carbocycles. The average molecular weight is 573 g/mol. The first-order valence-corrected chi connectivity index (χ1v) is 14.3. The van der Waals surface area contributed by atoms with Gasteiger partial charge < -0.3 is 25.2 Å². The van der Waals surface area contributed by atoms with Crippen molar-refractivity contribution in [3.05, 3.63) is 95.6 Å². The van der Waals surface area contributed by atoms with Gasteiger partial charge in [0.05, 0.1) is 18.1 Å². The molecule has 0 spiro atoms. The summed E-state index contributed by atoms with van der Waals surface area (Å²) in [6.07, 6.45) is -1.50. The fourth-order valence-electron chi connectivity index (χ4n) is 5.62. The molecule has 2 amide bonds. The lowest BCUT2D eigenvalue weighted by Crippen LogP contribution is -2.59. The molecule has 0 radical (unpaired) electrons. The van der Waals surface area contributed by atoms with Crippen molar-refractivity contribution in [2.75, 3.05) is 6.61 Å². The first-order valence-electron chi connectivity index (χ1n) is 14.3. The van der Waals surface area contributed by atoms with Gasteiger partial charge in [0.25, 0.3) is 0 Å². The van der Waals surface area contributed by atoms with E-state index in [4.69, 9.17) is 9.47 Å². The Morgan fingerprint density at radius 1 is 0.833 bits per heavy atom. The summed E-state index contributed by atoms with van der Waals surface area (Å²) in [5, 5.41) is 15.4. The Morgan fingerprint density at radius 2 is 1.38 bits per heavy atom. The molecule has 1 aliphatic carbocycles. The molecule has 1 aliphatic rings. The van der Waals surface area contributed by atoms with Crippen LogP contribution >= 0.6 is 0 Å². The third kappa shape index (κ3) is 6.82. The molecule has 222 valence electrons. The van der Waals surface area contributed by atoms with E-state index in [9.17, 15) is 19.5 Å². The van der Waals surface area contributed by atoms with Crippen molar-refractivity contribution in [2.45, 2.75) is 65.3 Å². The van der Waals surface area contributed by atoms with Gasteiger partial charge in [-0.25, -0.2) is 4.79 Å². The fraction of sp³-hybridized carbons (Fsp3) is 0.382. The van der Waals surface area contributed by atoms with Crippen molar-refractivity contribution in [1.82, 2.24) is 10.6 Å². The molecule has 0 saturated heterocycles. The second kappa shape index (κ2) is 13.2. The zero-order valence-electron chi connectivity index (χ0n) is 24.8. The molecule has 3 aromatic rings. The van der Waals surface area contributed by atoms with Crippen molar-refractivity contribution in [1.29, 1.82) is 0 Å². The van der Waals surface area contributed by atoms with Crippen molar-refractivity contribution in [2.24, 2.45) is 11.3 Å². The average Bonchev–Trinajstić information content (AvgIpc) is 3.30. The van der Waals surface area contributed by atoms with Gasteiger partial charge >= 0.3 is 12.1 Å². The van der Waals surface area contributed by atoms with E-state index in [1.54, 1.807) is 20.8 Å². The molecular weight excluding hydrogens is 532 g/mol. The molecular formula is C34H40N2O6. The Labute approximate surface area is 247 Å². The molecule has 0 aromatic heterocycles. The number of hydrogen-bond acceptors (Lipinski definition) is 5. The molecule has 3 atom stereocenters. The Bertz CT molecular complexity index is 1360. The molecule has 0 fully saturated rings. The summed E-state index contributed by atoms with van der Waals surface area (Å²) in [7, 11) is 0. The largest absolute Gasteiger partial charge is 0.481 e. The maximum absolute atomic E-state index is 13.6. The van der Waals surface area contributed by atoms with Crippen molar-refractivity contribution in [3.8, 4) is 11.1 Å². The standard InChI is InChI=1S/C34H40N2O6/c1-21(2)30(34(4,5)32(38)39)36-31(37)29(22(3)41-19-23-13-7-6-8-14-23)35-33(40)42-20-28-26-17-11-9-15-24(26)25-16-10-12-18-27(25)28/h6-18,21-22,28-30H,19-20H2,1-5H3,(H,35,40)(H,36,37)(H,38,39). The number of carbonyl (C=O) groups excluding carboxylic acids is 2. The minimum absolute atomic E-state index is 0.0914. The van der Waals surface area contributed by atoms with Gasteiger partial charge in [0, 0.05) is 12.0 Å². The normalized spacial score (nSPS) is 14.8. The van der Waals surface area contributed by atoms with Crippen LogP contribution in [0.1, 0.15) is 57.2 Å². The van der Waals surface area contributed by atoms with Crippen LogP contribution < -0.4 is 10.6 Å². The van der Waals surface area contributed by atoms with E-state index in [1.807, 2.05) is 80.6 Å². The monoisotopic (exact) mass is 572 g/mol. The summed E-state index contributed by atoms with van der Waals surface area (Å²) in [5.74, 6) is -1.90. The van der Waals surface area contributed by atoms with Gasteiger partial charge in [0.15, 0.2) is 0 Å². The predicted octanol–water partition coefficient (Wildman–Crippen LogP) is 5.75. The van der Waals surface area contributed by atoms with Crippen LogP contribution in [-0.2, 0) is 25.7 Å². The molecule has 0 aliphatic heterocycles. The van der Waals surface area contributed by atoms with E-state index in [2.05, 4.69) is 22.8 Å². The first kappa shape index (κ1) is 30.8. The lowest BCUT2D eigenvalue weighted by atomic mass is 9.78. The van der Waals surface area contributed by atoms with Gasteiger partial charge in [-0.2, -0.15) is 0 Å². The van der Waals surface area contributed by atoms with E-state index in [-0.39, 0.29) is 25.0 Å². The second-order valence-electron chi connectivity index (χ2n) is 11.7. The number of benzene rings is 3. The smallest absolute Gasteiger partial charge is 0.407 e. The molecule has 8 heteroatoms. The highest BCUT2D eigenvalue weighted by molar-refractivity contribution is 5.87. The van der Waals surface area contributed by atoms with Gasteiger partial charge in [-0.05, 0) is 54.5 Å². The lowest BCUT2D eigenvalue weighted by Gasteiger charge is -2.36. The van der Waals surface area contributed by atoms with Gasteiger partial charge in [-0.1, -0.05) is 92.7 Å². The Kier molecular flexibility index (Phi) is 9.68. The number of amides is 2. The fourth-order valence-corrected chi connectivity index (χ4v) is 5.62. The van der Waals surface area contributed by atoms with E-state index in [0.29, 0.717) is 0 Å². The highest BCUT2D eigenvalue weighted by Gasteiger charge is 2.41. The molecule has 0 bridgehead atoms. The molecule has 42 heavy (non-hydrogen) atoms. The third-order valence-electron chi connectivity index (χ3n) is 8.02. The maximum atomic E-state index is 13.6. The van der Waals surface area contributed by atoms with Crippen molar-refractivity contribution in [3.63, 3.8) is 0 Å². The minimum Gasteiger partial charge on any atom is -0.481 e. The summed E-state index contributed by atoms with van der Waals surface area (Å²) in [4.78, 5) is 38.8. The van der Waals surface area contributed by atoms with Crippen LogP contribution in [0, 0.1) is 11.3 Å². The highest BCUT2D eigenvalue weighted by atomic mass is 16.5. The first-order chi connectivity index (χ1) is 20.0. The second-order valence-corrected chi connectivity index (χ2v) is 11.7. The zero-order chi connectivity index (χ0) is 30.4. The number of carbonyl (C=O) groups is 3. The Balaban J connectivity index is 1.50. The van der Waals surface area contributed by atoms with Crippen molar-refractivity contribution < 1.29 is 29.0 Å². The van der Waals surface area contributed by atoms with Gasteiger partial charge in [-0.3, -0.25) is 9.59 Å². The number of hydrogen-bond donors (Lipinski definition) is 3. The van der Waals surface area contributed by atoms with Crippen LogP contribution in [-0.4, -0.2) is 47.9 Å². The Hall–Kier alpha value is -4.17. The Morgan fingerprint density at radius 3 is 1.93 bits per heavy atom. The number of carboxylic acids is 1. The van der Waals surface area contributed by atoms with Gasteiger partial charge in [-0.15, -0.1) is 0 Å². The van der Waals surface area contributed by atoms with Crippen LogP contribution in [0.25, 0.3) is 11.1 Å². The number of alkyl carbamates (subject to hydrolysis) is 1. The molecule has 3 unspecified atom stereocenters. The SMILES string of the molecule is CC(C)C(NC(=O)C(NC(=O)OCC1c2ccccc2-c2ccccc21)C(C)OCc1ccccc1)C(C)(C)C(=O)O. The van der Waals surface area contributed by atoms with Crippen LogP contribution in [0.3, 0.4) is 0 Å². The number of aliphatic carboxylic acids is 1. The summed E-state index contributed by atoms with van der Waals surface area (Å²) in [6.45, 7) is 8.86. The third-order valence-corrected chi connectivity index (χ3v) is 8.02. The molecule has 4 rings (SSSR count). The molecule has 3 N–H and O–H groups in total. The highest BCUT2D eigenvalue weighted by Crippen LogP contribution is 2.44. The van der Waals surface area contributed by atoms with E-state index >= 15 is 0 Å².